The number of aromatic nitrogens is 4. The summed E-state index contributed by atoms with van der Waals surface area (Å²) in [4.78, 5) is 18.8. The fourth-order valence-corrected chi connectivity index (χ4v) is 4.77. The molecule has 0 bridgehead atoms. The molecule has 0 spiro atoms. The van der Waals surface area contributed by atoms with Gasteiger partial charge in [0.05, 0.1) is 17.4 Å². The summed E-state index contributed by atoms with van der Waals surface area (Å²) >= 11 is 0. The third kappa shape index (κ3) is 3.14. The number of hydrogen-bond donors (Lipinski definition) is 3. The first kappa shape index (κ1) is 17.6. The quantitative estimate of drug-likeness (QED) is 0.608. The largest absolute Gasteiger partial charge is 0.370 e. The third-order valence-electron chi connectivity index (χ3n) is 6.50. The molecule has 6 rings (SSSR count). The molecule has 2 unspecified atom stereocenters. The first-order chi connectivity index (χ1) is 14.8. The average molecular weight is 400 g/mol. The molecule has 0 saturated carbocycles. The van der Waals surface area contributed by atoms with Crippen molar-refractivity contribution < 1.29 is 0 Å². The molecule has 3 N–H and O–H groups in total. The van der Waals surface area contributed by atoms with E-state index >= 15 is 0 Å². The Bertz CT molecular complexity index is 1100. The molecule has 0 aliphatic carbocycles. The zero-order valence-electron chi connectivity index (χ0n) is 16.9. The Hall–Kier alpha value is -3.22. The Labute approximate surface area is 175 Å². The van der Waals surface area contributed by atoms with E-state index in [0.717, 1.165) is 74.0 Å². The molecule has 30 heavy (non-hydrogen) atoms. The van der Waals surface area contributed by atoms with E-state index in [2.05, 4.69) is 50.2 Å². The Kier molecular flexibility index (Phi) is 4.25. The highest BCUT2D eigenvalue weighted by molar-refractivity contribution is 5.52. The van der Waals surface area contributed by atoms with Gasteiger partial charge in [-0.3, -0.25) is 4.98 Å². The number of anilines is 3. The van der Waals surface area contributed by atoms with Crippen LogP contribution in [0, 0.1) is 0 Å². The second-order valence-electron chi connectivity index (χ2n) is 8.37. The summed E-state index contributed by atoms with van der Waals surface area (Å²) in [7, 11) is 0. The van der Waals surface area contributed by atoms with Gasteiger partial charge in [0.1, 0.15) is 17.5 Å². The summed E-state index contributed by atoms with van der Waals surface area (Å²) in [5.74, 6) is 3.36. The molecule has 0 radical (unpaired) electrons. The molecule has 0 fully saturated rings. The van der Waals surface area contributed by atoms with E-state index in [0.29, 0.717) is 5.92 Å². The van der Waals surface area contributed by atoms with Crippen molar-refractivity contribution in [2.75, 3.05) is 29.0 Å². The smallest absolute Gasteiger partial charge is 0.148 e. The number of pyridine rings is 2. The van der Waals surface area contributed by atoms with Crippen LogP contribution in [0.5, 0.6) is 0 Å². The maximum absolute atomic E-state index is 5.00. The first-order valence-electron chi connectivity index (χ1n) is 10.9. The SMILES string of the molecule is c1cnc2c(n1)CCC(c1ccc3c(n1)NCC(c1ccc4c(n1)NCC4)CC3)N2. The van der Waals surface area contributed by atoms with Gasteiger partial charge in [-0.1, -0.05) is 12.1 Å². The molecule has 0 aromatic carbocycles. The molecule has 0 amide bonds. The lowest BCUT2D eigenvalue weighted by molar-refractivity contribution is 0.632. The Morgan fingerprint density at radius 1 is 0.733 bits per heavy atom. The molecule has 7 nitrogen and oxygen atoms in total. The molecule has 3 aliphatic rings. The van der Waals surface area contributed by atoms with Crippen molar-refractivity contribution in [3.05, 3.63) is 64.9 Å². The number of nitrogens with zero attached hydrogens (tertiary/aromatic N) is 4. The fourth-order valence-electron chi connectivity index (χ4n) is 4.77. The van der Waals surface area contributed by atoms with Crippen LogP contribution in [0.15, 0.2) is 36.7 Å². The average Bonchev–Trinajstić information content (AvgIpc) is 3.17. The number of rotatable bonds is 2. The molecule has 3 aromatic rings. The van der Waals surface area contributed by atoms with Gasteiger partial charge in [0.15, 0.2) is 0 Å². The topological polar surface area (TPSA) is 87.7 Å². The van der Waals surface area contributed by atoms with Crippen LogP contribution in [-0.2, 0) is 19.3 Å². The van der Waals surface area contributed by atoms with Gasteiger partial charge >= 0.3 is 0 Å². The van der Waals surface area contributed by atoms with Crippen LogP contribution in [0.2, 0.25) is 0 Å². The van der Waals surface area contributed by atoms with Gasteiger partial charge in [-0.25, -0.2) is 15.0 Å². The van der Waals surface area contributed by atoms with Gasteiger partial charge in [0.25, 0.3) is 0 Å². The number of hydrogen-bond acceptors (Lipinski definition) is 7. The van der Waals surface area contributed by atoms with Gasteiger partial charge in [-0.05, 0) is 55.4 Å². The summed E-state index contributed by atoms with van der Waals surface area (Å²) in [6.07, 6.45) is 8.57. The van der Waals surface area contributed by atoms with Crippen LogP contribution in [0.4, 0.5) is 17.5 Å². The van der Waals surface area contributed by atoms with E-state index in [-0.39, 0.29) is 6.04 Å². The lowest BCUT2D eigenvalue weighted by Crippen LogP contribution is -2.21. The Morgan fingerprint density at radius 3 is 2.50 bits per heavy atom. The second-order valence-corrected chi connectivity index (χ2v) is 8.37. The monoisotopic (exact) mass is 399 g/mol. The summed E-state index contributed by atoms with van der Waals surface area (Å²) in [6.45, 7) is 1.86. The predicted molar refractivity (Wildman–Crippen MR) is 117 cm³/mol. The molecule has 7 heteroatoms. The molecule has 6 heterocycles. The highest BCUT2D eigenvalue weighted by Gasteiger charge is 2.25. The van der Waals surface area contributed by atoms with Crippen molar-refractivity contribution >= 4 is 17.5 Å². The van der Waals surface area contributed by atoms with Gasteiger partial charge in [0.2, 0.25) is 0 Å². The summed E-state index contributed by atoms with van der Waals surface area (Å²) < 4.78 is 0. The van der Waals surface area contributed by atoms with Gasteiger partial charge < -0.3 is 16.0 Å². The molecule has 0 saturated heterocycles. The highest BCUT2D eigenvalue weighted by atomic mass is 15.1. The van der Waals surface area contributed by atoms with E-state index in [9.17, 15) is 0 Å². The molecular weight excluding hydrogens is 374 g/mol. The first-order valence-corrected chi connectivity index (χ1v) is 10.9. The van der Waals surface area contributed by atoms with Crippen molar-refractivity contribution in [3.8, 4) is 0 Å². The maximum atomic E-state index is 5.00. The third-order valence-corrected chi connectivity index (χ3v) is 6.50. The van der Waals surface area contributed by atoms with Crippen molar-refractivity contribution in [2.24, 2.45) is 0 Å². The van der Waals surface area contributed by atoms with E-state index in [1.54, 1.807) is 12.4 Å². The predicted octanol–water partition coefficient (Wildman–Crippen LogP) is 3.48. The highest BCUT2D eigenvalue weighted by Crippen LogP contribution is 2.33. The van der Waals surface area contributed by atoms with Crippen LogP contribution >= 0.6 is 0 Å². The normalized spacial score (nSPS) is 21.9. The number of aryl methyl sites for hydroxylation is 2. The van der Waals surface area contributed by atoms with E-state index in [1.807, 2.05) is 0 Å². The van der Waals surface area contributed by atoms with Crippen molar-refractivity contribution in [1.29, 1.82) is 0 Å². The lowest BCUT2D eigenvalue weighted by atomic mass is 9.96. The minimum atomic E-state index is 0.171. The zero-order valence-corrected chi connectivity index (χ0v) is 16.9. The van der Waals surface area contributed by atoms with E-state index in [4.69, 9.17) is 9.97 Å². The standard InChI is InChI=1S/C23H25N7/c1-2-16(17-5-3-15-9-10-25-21(15)28-17)13-27-22-14(1)4-6-18(29-22)19-7-8-20-23(30-19)26-12-11-24-20/h3-6,11-12,16,19H,1-2,7-10,13H2,(H,25,28)(H,26,30)(H,27,29). The summed E-state index contributed by atoms with van der Waals surface area (Å²) in [6, 6.07) is 9.01. The summed E-state index contributed by atoms with van der Waals surface area (Å²) in [5.41, 5.74) is 5.90. The van der Waals surface area contributed by atoms with Gasteiger partial charge in [-0.2, -0.15) is 0 Å². The zero-order chi connectivity index (χ0) is 19.9. The van der Waals surface area contributed by atoms with Crippen molar-refractivity contribution in [3.63, 3.8) is 0 Å². The van der Waals surface area contributed by atoms with E-state index < -0.39 is 0 Å². The minimum absolute atomic E-state index is 0.171. The summed E-state index contributed by atoms with van der Waals surface area (Å²) in [5, 5.41) is 10.5. The number of fused-ring (bicyclic) bond motifs is 3. The van der Waals surface area contributed by atoms with Crippen LogP contribution in [0.1, 0.15) is 53.0 Å². The van der Waals surface area contributed by atoms with Gasteiger partial charge in [-0.15, -0.1) is 0 Å². The molecular formula is C23H25N7. The molecule has 3 aliphatic heterocycles. The van der Waals surface area contributed by atoms with E-state index in [1.165, 1.54) is 16.8 Å². The molecule has 152 valence electrons. The van der Waals surface area contributed by atoms with Crippen LogP contribution < -0.4 is 16.0 Å². The van der Waals surface area contributed by atoms with Gasteiger partial charge in [0, 0.05) is 37.1 Å². The lowest BCUT2D eigenvalue weighted by Gasteiger charge is -2.25. The molecule has 3 aromatic heterocycles. The Balaban J connectivity index is 1.21. The van der Waals surface area contributed by atoms with Crippen molar-refractivity contribution in [1.82, 2.24) is 19.9 Å². The maximum Gasteiger partial charge on any atom is 0.148 e. The van der Waals surface area contributed by atoms with Crippen LogP contribution in [-0.4, -0.2) is 33.0 Å². The Morgan fingerprint density at radius 2 is 1.53 bits per heavy atom. The fraction of sp³-hybridized carbons (Fsp3) is 0.391. The van der Waals surface area contributed by atoms with Crippen LogP contribution in [0.25, 0.3) is 0 Å². The molecule has 2 atom stereocenters. The number of nitrogens with one attached hydrogen (secondary N) is 3. The van der Waals surface area contributed by atoms with Crippen LogP contribution in [0.3, 0.4) is 0 Å². The minimum Gasteiger partial charge on any atom is -0.370 e. The van der Waals surface area contributed by atoms with Crippen molar-refractivity contribution in [2.45, 2.75) is 44.1 Å². The second kappa shape index (κ2) is 7.23.